The number of rotatable bonds is 8. The Bertz CT molecular complexity index is 448. The average molecular weight is 290 g/mol. The van der Waals surface area contributed by atoms with Crippen LogP contribution in [0.25, 0.3) is 0 Å². The molecule has 4 nitrogen and oxygen atoms in total. The van der Waals surface area contributed by atoms with E-state index < -0.39 is 0 Å². The van der Waals surface area contributed by atoms with E-state index >= 15 is 0 Å². The SMILES string of the molecule is CCCN(CCC)C(=O)CNC(=O)Cc1ccc(C)cc1. The molecule has 2 amide bonds. The van der Waals surface area contributed by atoms with Crippen LogP contribution in [0.3, 0.4) is 0 Å². The predicted molar refractivity (Wildman–Crippen MR) is 85.1 cm³/mol. The Morgan fingerprint density at radius 2 is 1.62 bits per heavy atom. The van der Waals surface area contributed by atoms with Crippen molar-refractivity contribution in [2.75, 3.05) is 19.6 Å². The molecule has 0 fully saturated rings. The summed E-state index contributed by atoms with van der Waals surface area (Å²) in [6, 6.07) is 7.85. The summed E-state index contributed by atoms with van der Waals surface area (Å²) in [5.74, 6) is -0.115. The van der Waals surface area contributed by atoms with Crippen molar-refractivity contribution in [2.24, 2.45) is 0 Å². The molecule has 1 aromatic rings. The van der Waals surface area contributed by atoms with Crippen LogP contribution in [-0.2, 0) is 16.0 Å². The third-order valence-corrected chi connectivity index (χ3v) is 3.26. The van der Waals surface area contributed by atoms with E-state index in [1.165, 1.54) is 5.56 Å². The molecule has 116 valence electrons. The van der Waals surface area contributed by atoms with Crippen LogP contribution in [0, 0.1) is 6.92 Å². The second-order valence-electron chi connectivity index (χ2n) is 5.32. The maximum absolute atomic E-state index is 12.0. The molecule has 1 aromatic carbocycles. The Morgan fingerprint density at radius 1 is 1.05 bits per heavy atom. The fraction of sp³-hybridized carbons (Fsp3) is 0.529. The lowest BCUT2D eigenvalue weighted by molar-refractivity contribution is -0.132. The molecule has 0 aromatic heterocycles. The molecule has 0 bridgehead atoms. The van der Waals surface area contributed by atoms with Crippen molar-refractivity contribution in [3.63, 3.8) is 0 Å². The van der Waals surface area contributed by atoms with Crippen LogP contribution >= 0.6 is 0 Å². The molecule has 0 saturated heterocycles. The van der Waals surface area contributed by atoms with Gasteiger partial charge in [0.05, 0.1) is 13.0 Å². The second-order valence-corrected chi connectivity index (χ2v) is 5.32. The number of nitrogens with zero attached hydrogens (tertiary/aromatic N) is 1. The molecular weight excluding hydrogens is 264 g/mol. The van der Waals surface area contributed by atoms with Gasteiger partial charge in [0.25, 0.3) is 0 Å². The first kappa shape index (κ1) is 17.2. The molecule has 1 N–H and O–H groups in total. The Balaban J connectivity index is 2.40. The van der Waals surface area contributed by atoms with Crippen molar-refractivity contribution in [1.82, 2.24) is 10.2 Å². The molecule has 21 heavy (non-hydrogen) atoms. The molecule has 0 aliphatic heterocycles. The molecule has 0 unspecified atom stereocenters. The summed E-state index contributed by atoms with van der Waals surface area (Å²) in [5, 5.41) is 2.71. The van der Waals surface area contributed by atoms with Gasteiger partial charge < -0.3 is 10.2 Å². The van der Waals surface area contributed by atoms with E-state index in [1.54, 1.807) is 0 Å². The minimum atomic E-state index is -0.111. The van der Waals surface area contributed by atoms with Crippen LogP contribution in [0.2, 0.25) is 0 Å². The van der Waals surface area contributed by atoms with Crippen molar-refractivity contribution < 1.29 is 9.59 Å². The van der Waals surface area contributed by atoms with Crippen LogP contribution in [-0.4, -0.2) is 36.3 Å². The number of nitrogens with one attached hydrogen (secondary N) is 1. The largest absolute Gasteiger partial charge is 0.347 e. The summed E-state index contributed by atoms with van der Waals surface area (Å²) >= 11 is 0. The number of aryl methyl sites for hydroxylation is 1. The highest BCUT2D eigenvalue weighted by Crippen LogP contribution is 2.03. The van der Waals surface area contributed by atoms with E-state index in [2.05, 4.69) is 5.32 Å². The number of carbonyl (C=O) groups excluding carboxylic acids is 2. The van der Waals surface area contributed by atoms with Gasteiger partial charge in [-0.1, -0.05) is 43.7 Å². The van der Waals surface area contributed by atoms with Gasteiger partial charge in [0, 0.05) is 13.1 Å². The molecule has 0 aliphatic carbocycles. The predicted octanol–water partition coefficient (Wildman–Crippen LogP) is 2.30. The molecule has 0 heterocycles. The third-order valence-electron chi connectivity index (χ3n) is 3.26. The number of benzene rings is 1. The van der Waals surface area contributed by atoms with Gasteiger partial charge in [-0.3, -0.25) is 9.59 Å². The summed E-state index contributed by atoms with van der Waals surface area (Å²) in [6.07, 6.45) is 2.18. The zero-order valence-corrected chi connectivity index (χ0v) is 13.3. The standard InChI is InChI=1S/C17H26N2O2/c1-4-10-19(11-5-2)17(21)13-18-16(20)12-15-8-6-14(3)7-9-15/h6-9H,4-5,10-13H2,1-3H3,(H,18,20). The lowest BCUT2D eigenvalue weighted by Gasteiger charge is -2.21. The van der Waals surface area contributed by atoms with Gasteiger partial charge in [-0.2, -0.15) is 0 Å². The zero-order valence-electron chi connectivity index (χ0n) is 13.3. The van der Waals surface area contributed by atoms with Crippen LogP contribution in [0.5, 0.6) is 0 Å². The Kier molecular flexibility index (Phi) is 7.51. The molecule has 0 atom stereocenters. The Labute approximate surface area is 127 Å². The minimum Gasteiger partial charge on any atom is -0.347 e. The quantitative estimate of drug-likeness (QED) is 0.798. The first-order chi connectivity index (χ1) is 10.1. The molecule has 0 aliphatic rings. The summed E-state index contributed by atoms with van der Waals surface area (Å²) in [4.78, 5) is 25.7. The minimum absolute atomic E-state index is 0.00374. The van der Waals surface area contributed by atoms with Crippen LogP contribution in [0.15, 0.2) is 24.3 Å². The number of amides is 2. The van der Waals surface area contributed by atoms with E-state index in [1.807, 2.05) is 49.9 Å². The van der Waals surface area contributed by atoms with E-state index in [0.717, 1.165) is 31.5 Å². The lowest BCUT2D eigenvalue weighted by Crippen LogP contribution is -2.41. The fourth-order valence-electron chi connectivity index (χ4n) is 2.14. The van der Waals surface area contributed by atoms with Gasteiger partial charge >= 0.3 is 0 Å². The lowest BCUT2D eigenvalue weighted by atomic mass is 10.1. The van der Waals surface area contributed by atoms with Crippen LogP contribution < -0.4 is 5.32 Å². The van der Waals surface area contributed by atoms with Gasteiger partial charge in [-0.05, 0) is 25.3 Å². The van der Waals surface area contributed by atoms with Gasteiger partial charge in [-0.15, -0.1) is 0 Å². The topological polar surface area (TPSA) is 49.4 Å². The van der Waals surface area contributed by atoms with Crippen molar-refractivity contribution in [3.05, 3.63) is 35.4 Å². The monoisotopic (exact) mass is 290 g/mol. The molecular formula is C17H26N2O2. The van der Waals surface area contributed by atoms with Crippen LogP contribution in [0.1, 0.15) is 37.8 Å². The highest BCUT2D eigenvalue weighted by atomic mass is 16.2. The van der Waals surface area contributed by atoms with Crippen molar-refractivity contribution >= 4 is 11.8 Å². The summed E-state index contributed by atoms with van der Waals surface area (Å²) < 4.78 is 0. The number of hydrogen-bond donors (Lipinski definition) is 1. The molecule has 0 radical (unpaired) electrons. The highest BCUT2D eigenvalue weighted by Gasteiger charge is 2.12. The van der Waals surface area contributed by atoms with Crippen LogP contribution in [0.4, 0.5) is 0 Å². The maximum Gasteiger partial charge on any atom is 0.241 e. The van der Waals surface area contributed by atoms with E-state index in [0.29, 0.717) is 6.42 Å². The van der Waals surface area contributed by atoms with Crippen molar-refractivity contribution in [1.29, 1.82) is 0 Å². The maximum atomic E-state index is 12.0. The van der Waals surface area contributed by atoms with Crippen molar-refractivity contribution in [3.8, 4) is 0 Å². The second kappa shape index (κ2) is 9.16. The third kappa shape index (κ3) is 6.43. The average Bonchev–Trinajstić information content (AvgIpc) is 2.47. The number of hydrogen-bond acceptors (Lipinski definition) is 2. The van der Waals surface area contributed by atoms with E-state index in [9.17, 15) is 9.59 Å². The fourth-order valence-corrected chi connectivity index (χ4v) is 2.14. The van der Waals surface area contributed by atoms with E-state index in [4.69, 9.17) is 0 Å². The first-order valence-corrected chi connectivity index (χ1v) is 7.66. The summed E-state index contributed by atoms with van der Waals surface area (Å²) in [5.41, 5.74) is 2.13. The summed E-state index contributed by atoms with van der Waals surface area (Å²) in [7, 11) is 0. The van der Waals surface area contributed by atoms with Gasteiger partial charge in [0.1, 0.15) is 0 Å². The normalized spacial score (nSPS) is 10.2. The Morgan fingerprint density at radius 3 is 2.14 bits per heavy atom. The highest BCUT2D eigenvalue weighted by molar-refractivity contribution is 5.85. The number of carbonyl (C=O) groups is 2. The molecule has 0 spiro atoms. The summed E-state index contributed by atoms with van der Waals surface area (Å²) in [6.45, 7) is 7.70. The molecule has 1 rings (SSSR count). The smallest absolute Gasteiger partial charge is 0.241 e. The zero-order chi connectivity index (χ0) is 15.7. The first-order valence-electron chi connectivity index (χ1n) is 7.66. The van der Waals surface area contributed by atoms with E-state index in [-0.39, 0.29) is 18.4 Å². The van der Waals surface area contributed by atoms with Gasteiger partial charge in [-0.25, -0.2) is 0 Å². The molecule has 0 saturated carbocycles. The molecule has 4 heteroatoms. The van der Waals surface area contributed by atoms with Crippen molar-refractivity contribution in [2.45, 2.75) is 40.0 Å². The Hall–Kier alpha value is -1.84. The van der Waals surface area contributed by atoms with Gasteiger partial charge in [0.2, 0.25) is 11.8 Å². The van der Waals surface area contributed by atoms with Gasteiger partial charge in [0.15, 0.2) is 0 Å².